The fraction of sp³-hybridized carbons (Fsp3) is 0.462. The molecule has 80 valence electrons. The summed E-state index contributed by atoms with van der Waals surface area (Å²) < 4.78 is 0. The summed E-state index contributed by atoms with van der Waals surface area (Å²) in [6, 6.07) is 9.35. The van der Waals surface area contributed by atoms with Crippen LogP contribution < -0.4 is 0 Å². The van der Waals surface area contributed by atoms with Crippen molar-refractivity contribution in [3.8, 4) is 0 Å². The Morgan fingerprint density at radius 2 is 1.93 bits per heavy atom. The van der Waals surface area contributed by atoms with E-state index in [1.54, 1.807) is 0 Å². The van der Waals surface area contributed by atoms with Crippen molar-refractivity contribution < 1.29 is 4.79 Å². The average Bonchev–Trinajstić information content (AvgIpc) is 2.42. The maximum atomic E-state index is 11.8. The number of hydrogen-bond acceptors (Lipinski definition) is 1. The molecule has 1 nitrogen and oxygen atoms in total. The van der Waals surface area contributed by atoms with Crippen LogP contribution in [-0.4, -0.2) is 13.9 Å². The molecule has 1 aliphatic carbocycles. The first-order chi connectivity index (χ1) is 6.97. The number of benzene rings is 1. The molecule has 0 spiro atoms. The molecule has 1 atom stereocenters. The lowest BCUT2D eigenvalue weighted by atomic mass is 10.0. The van der Waals surface area contributed by atoms with E-state index in [-0.39, 0.29) is 0 Å². The van der Waals surface area contributed by atoms with Crippen LogP contribution in [0.25, 0.3) is 0 Å². The van der Waals surface area contributed by atoms with Gasteiger partial charge in [0.2, 0.25) is 0 Å². The van der Waals surface area contributed by atoms with Crippen molar-refractivity contribution in [2.75, 3.05) is 0 Å². The fourth-order valence-corrected chi connectivity index (χ4v) is 4.31. The molecule has 0 saturated carbocycles. The van der Waals surface area contributed by atoms with Crippen LogP contribution in [0.3, 0.4) is 0 Å². The molecule has 0 amide bonds. The third-order valence-corrected chi connectivity index (χ3v) is 4.71. The number of carbonyl (C=O) groups excluding carboxylic acids is 1. The molecule has 15 heavy (non-hydrogen) atoms. The zero-order valence-corrected chi connectivity index (χ0v) is 10.7. The first kappa shape index (κ1) is 10.6. The number of hydrogen-bond donors (Lipinski definition) is 0. The van der Waals surface area contributed by atoms with Gasteiger partial charge in [-0.05, 0) is 11.5 Å². The summed E-state index contributed by atoms with van der Waals surface area (Å²) in [7, 11) is -1.07. The van der Waals surface area contributed by atoms with Gasteiger partial charge in [-0.25, -0.2) is 0 Å². The van der Waals surface area contributed by atoms with Crippen molar-refractivity contribution in [3.63, 3.8) is 0 Å². The van der Waals surface area contributed by atoms with Crippen LogP contribution in [0.5, 0.6) is 0 Å². The van der Waals surface area contributed by atoms with Gasteiger partial charge in [0, 0.05) is 20.1 Å². The summed E-state index contributed by atoms with van der Waals surface area (Å²) in [6.45, 7) is 7.12. The SMILES string of the molecule is C[Si](C)(C)CC1CC(=O)c2ccccc21. The van der Waals surface area contributed by atoms with Crippen LogP contribution in [0, 0.1) is 0 Å². The normalized spacial score (nSPS) is 20.5. The molecule has 0 fully saturated rings. The largest absolute Gasteiger partial charge is 0.294 e. The maximum absolute atomic E-state index is 11.8. The number of rotatable bonds is 2. The molecular formula is C13H18OSi. The predicted octanol–water partition coefficient (Wildman–Crippen LogP) is 3.69. The number of carbonyl (C=O) groups is 1. The Kier molecular flexibility index (Phi) is 2.55. The highest BCUT2D eigenvalue weighted by atomic mass is 28.3. The third kappa shape index (κ3) is 2.20. The first-order valence-corrected chi connectivity index (χ1v) is 9.30. The quantitative estimate of drug-likeness (QED) is 0.692. The van der Waals surface area contributed by atoms with E-state index in [9.17, 15) is 4.79 Å². The summed E-state index contributed by atoms with van der Waals surface area (Å²) >= 11 is 0. The van der Waals surface area contributed by atoms with Crippen molar-refractivity contribution >= 4 is 13.9 Å². The van der Waals surface area contributed by atoms with Gasteiger partial charge in [0.05, 0.1) is 0 Å². The summed E-state index contributed by atoms with van der Waals surface area (Å²) in [5, 5.41) is 0. The zero-order chi connectivity index (χ0) is 11.1. The van der Waals surface area contributed by atoms with E-state index in [1.165, 1.54) is 11.6 Å². The molecule has 0 heterocycles. The topological polar surface area (TPSA) is 17.1 Å². The Labute approximate surface area is 92.5 Å². The summed E-state index contributed by atoms with van der Waals surface area (Å²) in [5.74, 6) is 0.842. The monoisotopic (exact) mass is 218 g/mol. The van der Waals surface area contributed by atoms with Crippen LogP contribution in [-0.2, 0) is 0 Å². The highest BCUT2D eigenvalue weighted by Gasteiger charge is 2.31. The van der Waals surface area contributed by atoms with Crippen LogP contribution in [0.2, 0.25) is 25.7 Å². The van der Waals surface area contributed by atoms with Crippen molar-refractivity contribution in [1.82, 2.24) is 0 Å². The lowest BCUT2D eigenvalue weighted by Crippen LogP contribution is -2.22. The molecule has 0 N–H and O–H groups in total. The lowest BCUT2D eigenvalue weighted by molar-refractivity contribution is 0.0990. The van der Waals surface area contributed by atoms with Gasteiger partial charge in [0.25, 0.3) is 0 Å². The smallest absolute Gasteiger partial charge is 0.163 e. The van der Waals surface area contributed by atoms with Crippen LogP contribution in [0.4, 0.5) is 0 Å². The maximum Gasteiger partial charge on any atom is 0.163 e. The van der Waals surface area contributed by atoms with Gasteiger partial charge in [-0.3, -0.25) is 4.79 Å². The molecule has 2 heteroatoms. The molecule has 1 aromatic carbocycles. The van der Waals surface area contributed by atoms with E-state index in [0.717, 1.165) is 12.0 Å². The average molecular weight is 218 g/mol. The zero-order valence-electron chi connectivity index (χ0n) is 9.71. The Bertz CT molecular complexity index is 390. The van der Waals surface area contributed by atoms with Crippen molar-refractivity contribution in [2.24, 2.45) is 0 Å². The van der Waals surface area contributed by atoms with Gasteiger partial charge < -0.3 is 0 Å². The van der Waals surface area contributed by atoms with Crippen LogP contribution >= 0.6 is 0 Å². The minimum absolute atomic E-state index is 0.342. The lowest BCUT2D eigenvalue weighted by Gasteiger charge is -2.21. The van der Waals surface area contributed by atoms with E-state index in [2.05, 4.69) is 31.8 Å². The van der Waals surface area contributed by atoms with E-state index in [1.807, 2.05) is 12.1 Å². The third-order valence-electron chi connectivity index (χ3n) is 2.99. The van der Waals surface area contributed by atoms with Gasteiger partial charge in [0.1, 0.15) is 0 Å². The van der Waals surface area contributed by atoms with Gasteiger partial charge in [0.15, 0.2) is 5.78 Å². The summed E-state index contributed by atoms with van der Waals surface area (Å²) in [4.78, 5) is 11.8. The molecule has 0 radical (unpaired) electrons. The Morgan fingerprint density at radius 1 is 1.27 bits per heavy atom. The van der Waals surface area contributed by atoms with E-state index < -0.39 is 8.07 Å². The van der Waals surface area contributed by atoms with Gasteiger partial charge >= 0.3 is 0 Å². The van der Waals surface area contributed by atoms with Crippen LogP contribution in [0.1, 0.15) is 28.3 Å². The van der Waals surface area contributed by atoms with Crippen molar-refractivity contribution in [1.29, 1.82) is 0 Å². The Morgan fingerprint density at radius 3 is 2.60 bits per heavy atom. The Balaban J connectivity index is 2.29. The van der Waals surface area contributed by atoms with Gasteiger partial charge in [-0.15, -0.1) is 0 Å². The second-order valence-corrected chi connectivity index (χ2v) is 11.2. The van der Waals surface area contributed by atoms with E-state index >= 15 is 0 Å². The molecule has 1 aliphatic rings. The molecule has 0 aliphatic heterocycles. The predicted molar refractivity (Wildman–Crippen MR) is 66.3 cm³/mol. The standard InChI is InChI=1S/C13H18OSi/c1-15(2,3)9-10-8-13(14)12-7-5-4-6-11(10)12/h4-7,10H,8-9H2,1-3H3. The number of fused-ring (bicyclic) bond motifs is 1. The summed E-state index contributed by atoms with van der Waals surface area (Å²) in [6.07, 6.45) is 0.740. The summed E-state index contributed by atoms with van der Waals surface area (Å²) in [5.41, 5.74) is 2.27. The molecule has 0 saturated heterocycles. The number of Topliss-reactive ketones (excluding diaryl/α,β-unsaturated/α-hetero) is 1. The first-order valence-electron chi connectivity index (χ1n) is 5.59. The Hall–Kier alpha value is -0.893. The van der Waals surface area contributed by atoms with Gasteiger partial charge in [-0.2, -0.15) is 0 Å². The second-order valence-electron chi connectivity index (χ2n) is 5.68. The van der Waals surface area contributed by atoms with Gasteiger partial charge in [-0.1, -0.05) is 50.0 Å². The molecular weight excluding hydrogens is 200 g/mol. The highest BCUT2D eigenvalue weighted by Crippen LogP contribution is 2.38. The van der Waals surface area contributed by atoms with Crippen molar-refractivity contribution in [2.45, 2.75) is 38.0 Å². The second kappa shape index (κ2) is 3.60. The minimum Gasteiger partial charge on any atom is -0.294 e. The highest BCUT2D eigenvalue weighted by molar-refractivity contribution is 6.76. The van der Waals surface area contributed by atoms with Crippen LogP contribution in [0.15, 0.2) is 24.3 Å². The molecule has 1 unspecified atom stereocenters. The molecule has 1 aromatic rings. The molecule has 0 bridgehead atoms. The molecule has 2 rings (SSSR count). The van der Waals surface area contributed by atoms with Crippen molar-refractivity contribution in [3.05, 3.63) is 35.4 Å². The number of ketones is 1. The molecule has 0 aromatic heterocycles. The minimum atomic E-state index is -1.07. The van der Waals surface area contributed by atoms with E-state index in [0.29, 0.717) is 11.7 Å². The fourth-order valence-electron chi connectivity index (χ4n) is 2.47. The van der Waals surface area contributed by atoms with E-state index in [4.69, 9.17) is 0 Å².